The van der Waals surface area contributed by atoms with Gasteiger partial charge in [-0.2, -0.15) is 0 Å². The van der Waals surface area contributed by atoms with Crippen molar-refractivity contribution in [2.75, 3.05) is 17.8 Å². The number of likely N-dealkylation sites (tertiary alicyclic amines) is 1. The average Bonchev–Trinajstić information content (AvgIpc) is 3.08. The van der Waals surface area contributed by atoms with Gasteiger partial charge in [0.25, 0.3) is 10.0 Å². The average molecular weight is 502 g/mol. The summed E-state index contributed by atoms with van der Waals surface area (Å²) in [5.74, 6) is -0.0890. The summed E-state index contributed by atoms with van der Waals surface area (Å²) in [5, 5.41) is 0.967. The van der Waals surface area contributed by atoms with E-state index >= 15 is 0 Å². The predicted molar refractivity (Wildman–Crippen MR) is 134 cm³/mol. The molecule has 2 aromatic carbocycles. The number of halogens is 1. The third-order valence-electron chi connectivity index (χ3n) is 6.35. The molecule has 188 valence electrons. The molecule has 35 heavy (non-hydrogen) atoms. The highest BCUT2D eigenvalue weighted by molar-refractivity contribution is 7.92. The lowest BCUT2D eigenvalue weighted by atomic mass is 9.81. The zero-order valence-corrected chi connectivity index (χ0v) is 21.5. The lowest BCUT2D eigenvalue weighted by molar-refractivity contribution is 0.0155. The summed E-state index contributed by atoms with van der Waals surface area (Å²) in [6, 6.07) is 10.2. The SMILES string of the molecule is CC1CN(C(=O)OC(C)(C)C)CCC1c1cn(C)c2ccc(NS(=O)(=O)c3ccc(F)cc3)cc12. The van der Waals surface area contributed by atoms with Crippen LogP contribution < -0.4 is 4.72 Å². The largest absolute Gasteiger partial charge is 0.444 e. The normalized spacial score (nSPS) is 19.1. The van der Waals surface area contributed by atoms with Gasteiger partial charge in [-0.05, 0) is 87.1 Å². The molecule has 1 aliphatic rings. The van der Waals surface area contributed by atoms with Gasteiger partial charge in [0.15, 0.2) is 0 Å². The molecule has 1 amide bonds. The number of benzene rings is 2. The van der Waals surface area contributed by atoms with Crippen molar-refractivity contribution in [2.24, 2.45) is 13.0 Å². The van der Waals surface area contributed by atoms with Gasteiger partial charge >= 0.3 is 6.09 Å². The van der Waals surface area contributed by atoms with Crippen LogP contribution in [-0.4, -0.2) is 42.7 Å². The van der Waals surface area contributed by atoms with Crippen LogP contribution in [0.1, 0.15) is 45.6 Å². The fourth-order valence-electron chi connectivity index (χ4n) is 4.71. The van der Waals surface area contributed by atoms with Gasteiger partial charge in [-0.3, -0.25) is 4.72 Å². The van der Waals surface area contributed by atoms with Crippen LogP contribution in [0.3, 0.4) is 0 Å². The summed E-state index contributed by atoms with van der Waals surface area (Å²) in [6.45, 7) is 8.89. The van der Waals surface area contributed by atoms with Crippen LogP contribution in [0.25, 0.3) is 10.9 Å². The number of piperidine rings is 1. The highest BCUT2D eigenvalue weighted by Crippen LogP contribution is 2.39. The third-order valence-corrected chi connectivity index (χ3v) is 7.75. The minimum Gasteiger partial charge on any atom is -0.444 e. The minimum absolute atomic E-state index is 0.00424. The molecule has 2 unspecified atom stereocenters. The Morgan fingerprint density at radius 2 is 1.83 bits per heavy atom. The van der Waals surface area contributed by atoms with Crippen molar-refractivity contribution >= 4 is 32.7 Å². The molecule has 1 aromatic heterocycles. The molecule has 1 aliphatic heterocycles. The van der Waals surface area contributed by atoms with Crippen molar-refractivity contribution in [1.82, 2.24) is 9.47 Å². The number of nitrogens with zero attached hydrogens (tertiary/aromatic N) is 2. The van der Waals surface area contributed by atoms with Crippen LogP contribution >= 0.6 is 0 Å². The van der Waals surface area contributed by atoms with Crippen molar-refractivity contribution in [3.05, 3.63) is 60.0 Å². The van der Waals surface area contributed by atoms with E-state index in [1.165, 1.54) is 12.1 Å². The molecule has 0 aliphatic carbocycles. The number of amides is 1. The molecule has 2 atom stereocenters. The highest BCUT2D eigenvalue weighted by atomic mass is 32.2. The molecule has 9 heteroatoms. The van der Waals surface area contributed by atoms with E-state index in [1.54, 1.807) is 11.0 Å². The lowest BCUT2D eigenvalue weighted by Crippen LogP contribution is -2.44. The molecule has 0 bridgehead atoms. The van der Waals surface area contributed by atoms with Gasteiger partial charge in [-0.25, -0.2) is 17.6 Å². The van der Waals surface area contributed by atoms with E-state index in [4.69, 9.17) is 4.74 Å². The number of rotatable bonds is 4. The number of hydrogen-bond donors (Lipinski definition) is 1. The van der Waals surface area contributed by atoms with Crippen LogP contribution in [0.5, 0.6) is 0 Å². The maximum absolute atomic E-state index is 13.2. The van der Waals surface area contributed by atoms with Gasteiger partial charge in [-0.15, -0.1) is 0 Å². The highest BCUT2D eigenvalue weighted by Gasteiger charge is 2.33. The first-order chi connectivity index (χ1) is 16.3. The number of ether oxygens (including phenoxy) is 1. The molecule has 3 aromatic rings. The molecule has 1 saturated heterocycles. The first-order valence-corrected chi connectivity index (χ1v) is 13.2. The Hall–Kier alpha value is -3.07. The van der Waals surface area contributed by atoms with E-state index in [0.717, 1.165) is 35.0 Å². The molecule has 1 fully saturated rings. The second-order valence-electron chi connectivity index (χ2n) is 10.3. The number of hydrogen-bond acceptors (Lipinski definition) is 4. The minimum atomic E-state index is -3.85. The maximum atomic E-state index is 13.2. The zero-order chi connectivity index (χ0) is 25.5. The van der Waals surface area contributed by atoms with Crippen LogP contribution in [0, 0.1) is 11.7 Å². The molecule has 0 spiro atoms. The summed E-state index contributed by atoms with van der Waals surface area (Å²) < 4.78 is 49.0. The van der Waals surface area contributed by atoms with E-state index in [1.807, 2.05) is 44.5 Å². The summed E-state index contributed by atoms with van der Waals surface area (Å²) in [5.41, 5.74) is 2.02. The van der Waals surface area contributed by atoms with Gasteiger partial charge in [0.05, 0.1) is 4.90 Å². The maximum Gasteiger partial charge on any atom is 0.410 e. The topological polar surface area (TPSA) is 80.6 Å². The number of fused-ring (bicyclic) bond motifs is 1. The molecule has 7 nitrogen and oxygen atoms in total. The summed E-state index contributed by atoms with van der Waals surface area (Å²) in [6.07, 6.45) is 2.58. The first-order valence-electron chi connectivity index (χ1n) is 11.7. The Kier molecular flexibility index (Phi) is 6.57. The summed E-state index contributed by atoms with van der Waals surface area (Å²) in [4.78, 5) is 14.3. The van der Waals surface area contributed by atoms with Gasteiger partial charge in [-0.1, -0.05) is 6.92 Å². The standard InChI is InChI=1S/C26H32FN3O4S/c1-17-15-30(25(31)34-26(2,3)4)13-12-21(17)23-16-29(5)24-11-8-19(14-22(23)24)28-35(32,33)20-9-6-18(27)7-10-20/h6-11,14,16-17,21,28H,12-13,15H2,1-5H3. The second kappa shape index (κ2) is 9.18. The van der Waals surface area contributed by atoms with E-state index in [0.29, 0.717) is 18.8 Å². The van der Waals surface area contributed by atoms with Gasteiger partial charge in [0.1, 0.15) is 11.4 Å². The molecule has 0 saturated carbocycles. The van der Waals surface area contributed by atoms with Crippen molar-refractivity contribution in [1.29, 1.82) is 0 Å². The number of carbonyl (C=O) groups excluding carboxylic acids is 1. The zero-order valence-electron chi connectivity index (χ0n) is 20.7. The third kappa shape index (κ3) is 5.45. The van der Waals surface area contributed by atoms with Crippen molar-refractivity contribution in [3.63, 3.8) is 0 Å². The van der Waals surface area contributed by atoms with E-state index in [-0.39, 0.29) is 22.8 Å². The summed E-state index contributed by atoms with van der Waals surface area (Å²) in [7, 11) is -1.89. The smallest absolute Gasteiger partial charge is 0.410 e. The van der Waals surface area contributed by atoms with E-state index in [2.05, 4.69) is 17.8 Å². The Labute approximate surface area is 205 Å². The number of aryl methyl sites for hydroxylation is 1. The van der Waals surface area contributed by atoms with Crippen LogP contribution in [0.4, 0.5) is 14.9 Å². The Morgan fingerprint density at radius 1 is 1.14 bits per heavy atom. The predicted octanol–water partition coefficient (Wildman–Crippen LogP) is 5.48. The number of sulfonamides is 1. The van der Waals surface area contributed by atoms with Gasteiger partial charge < -0.3 is 14.2 Å². The Bertz CT molecular complexity index is 1340. The monoisotopic (exact) mass is 501 g/mol. The molecule has 4 rings (SSSR count). The van der Waals surface area contributed by atoms with Crippen LogP contribution in [0.2, 0.25) is 0 Å². The number of anilines is 1. The van der Waals surface area contributed by atoms with Crippen molar-refractivity contribution in [2.45, 2.75) is 50.5 Å². The van der Waals surface area contributed by atoms with E-state index in [9.17, 15) is 17.6 Å². The number of nitrogens with one attached hydrogen (secondary N) is 1. The molecule has 1 N–H and O–H groups in total. The number of aromatic nitrogens is 1. The Balaban J connectivity index is 1.58. The number of carbonyl (C=O) groups is 1. The van der Waals surface area contributed by atoms with Gasteiger partial charge in [0, 0.05) is 42.9 Å². The fraction of sp³-hybridized carbons (Fsp3) is 0.423. The van der Waals surface area contributed by atoms with Crippen LogP contribution in [-0.2, 0) is 21.8 Å². The molecular formula is C26H32FN3O4S. The molecule has 0 radical (unpaired) electrons. The summed E-state index contributed by atoms with van der Waals surface area (Å²) >= 11 is 0. The Morgan fingerprint density at radius 3 is 2.46 bits per heavy atom. The quantitative estimate of drug-likeness (QED) is 0.513. The van der Waals surface area contributed by atoms with Crippen LogP contribution in [0.15, 0.2) is 53.6 Å². The molecular weight excluding hydrogens is 469 g/mol. The first kappa shape index (κ1) is 25.0. The van der Waals surface area contributed by atoms with Gasteiger partial charge in [0.2, 0.25) is 0 Å². The van der Waals surface area contributed by atoms with Crippen molar-refractivity contribution in [3.8, 4) is 0 Å². The lowest BCUT2D eigenvalue weighted by Gasteiger charge is -2.37. The fourth-order valence-corrected chi connectivity index (χ4v) is 5.76. The second-order valence-corrected chi connectivity index (χ2v) is 12.0. The molecule has 2 heterocycles. The van der Waals surface area contributed by atoms with Crippen molar-refractivity contribution < 1.29 is 22.3 Å². The van der Waals surface area contributed by atoms with E-state index < -0.39 is 21.4 Å².